The van der Waals surface area contributed by atoms with Crippen molar-refractivity contribution in [2.24, 2.45) is 0 Å². The number of H-pyrrole nitrogens is 1. The van der Waals surface area contributed by atoms with E-state index < -0.39 is 0 Å². The minimum absolute atomic E-state index is 0.137. The molecule has 0 spiro atoms. The van der Waals surface area contributed by atoms with Crippen LogP contribution in [-0.2, 0) is 4.79 Å². The van der Waals surface area contributed by atoms with Crippen LogP contribution in [0.5, 0.6) is 0 Å². The number of hydrogen-bond donors (Lipinski definition) is 1. The third-order valence-corrected chi connectivity index (χ3v) is 2.99. The van der Waals surface area contributed by atoms with Crippen molar-refractivity contribution in [3.63, 3.8) is 0 Å². The minimum Gasteiger partial charge on any atom is -0.358 e. The van der Waals surface area contributed by atoms with E-state index in [2.05, 4.69) is 4.98 Å². The Hall–Kier alpha value is -2.54. The summed E-state index contributed by atoms with van der Waals surface area (Å²) in [5.41, 5.74) is 2.97. The number of likely N-dealkylation sites (N-methyl/N-ethyl adjacent to an activating group) is 1. The van der Waals surface area contributed by atoms with Gasteiger partial charge in [-0.2, -0.15) is 5.26 Å². The van der Waals surface area contributed by atoms with Crippen LogP contribution in [-0.4, -0.2) is 29.9 Å². The van der Waals surface area contributed by atoms with E-state index in [9.17, 15) is 4.79 Å². The third kappa shape index (κ3) is 2.36. The van der Waals surface area contributed by atoms with Crippen molar-refractivity contribution in [1.82, 2.24) is 9.88 Å². The summed E-state index contributed by atoms with van der Waals surface area (Å²) >= 11 is 0. The normalized spacial score (nSPS) is 11.4. The molecule has 1 N–H and O–H groups in total. The molecule has 1 aromatic heterocycles. The molecular formula is C15H15N3O. The molecule has 1 amide bonds. The number of para-hydroxylation sites is 1. The topological polar surface area (TPSA) is 59.9 Å². The second-order valence-electron chi connectivity index (χ2n) is 4.58. The Morgan fingerprint density at radius 3 is 2.68 bits per heavy atom. The average Bonchev–Trinajstić information content (AvgIpc) is 2.71. The number of nitrogens with one attached hydrogen (secondary N) is 1. The number of carbonyl (C=O) groups excluding carboxylic acids is 1. The first-order valence-electron chi connectivity index (χ1n) is 5.95. The molecule has 0 unspecified atom stereocenters. The van der Waals surface area contributed by atoms with Gasteiger partial charge in [-0.15, -0.1) is 0 Å². The van der Waals surface area contributed by atoms with Crippen LogP contribution in [0.1, 0.15) is 11.3 Å². The molecule has 0 aliphatic heterocycles. The first kappa shape index (κ1) is 12.9. The van der Waals surface area contributed by atoms with Crippen molar-refractivity contribution in [2.45, 2.75) is 6.92 Å². The maximum atomic E-state index is 11.9. The van der Waals surface area contributed by atoms with Gasteiger partial charge in [0.2, 0.25) is 0 Å². The summed E-state index contributed by atoms with van der Waals surface area (Å²) in [6, 6.07) is 9.80. The number of nitrogens with zero attached hydrogens (tertiary/aromatic N) is 2. The molecular weight excluding hydrogens is 238 g/mol. The summed E-state index contributed by atoms with van der Waals surface area (Å²) in [5, 5.41) is 10.1. The highest BCUT2D eigenvalue weighted by atomic mass is 16.2. The third-order valence-electron chi connectivity index (χ3n) is 2.99. The smallest absolute Gasteiger partial charge is 0.264 e. The molecule has 1 aromatic carbocycles. The molecule has 0 bridgehead atoms. The molecule has 0 atom stereocenters. The Balaban J connectivity index is 2.59. The van der Waals surface area contributed by atoms with E-state index in [1.54, 1.807) is 20.2 Å². The average molecular weight is 253 g/mol. The van der Waals surface area contributed by atoms with Gasteiger partial charge < -0.3 is 9.88 Å². The van der Waals surface area contributed by atoms with Gasteiger partial charge >= 0.3 is 0 Å². The molecule has 0 radical (unpaired) electrons. The van der Waals surface area contributed by atoms with Crippen LogP contribution < -0.4 is 0 Å². The largest absolute Gasteiger partial charge is 0.358 e. The van der Waals surface area contributed by atoms with E-state index in [1.807, 2.05) is 37.3 Å². The van der Waals surface area contributed by atoms with Gasteiger partial charge in [-0.05, 0) is 19.1 Å². The second kappa shape index (κ2) is 4.99. The van der Waals surface area contributed by atoms with Gasteiger partial charge in [-0.25, -0.2) is 0 Å². The lowest BCUT2D eigenvalue weighted by atomic mass is 10.1. The lowest BCUT2D eigenvalue weighted by Crippen LogP contribution is -2.22. The molecule has 0 aliphatic rings. The molecule has 19 heavy (non-hydrogen) atoms. The van der Waals surface area contributed by atoms with Gasteiger partial charge in [0.15, 0.2) is 0 Å². The summed E-state index contributed by atoms with van der Waals surface area (Å²) in [5.74, 6) is -0.285. The van der Waals surface area contributed by atoms with Gasteiger partial charge in [-0.3, -0.25) is 4.79 Å². The SMILES string of the molecule is Cc1[nH]c2ccccc2c1/C=C(/C#N)C(=O)N(C)C. The Labute approximate surface area is 112 Å². The van der Waals surface area contributed by atoms with E-state index in [0.29, 0.717) is 0 Å². The van der Waals surface area contributed by atoms with Gasteiger partial charge in [0.25, 0.3) is 5.91 Å². The van der Waals surface area contributed by atoms with E-state index >= 15 is 0 Å². The van der Waals surface area contributed by atoms with Crippen molar-refractivity contribution in [3.8, 4) is 6.07 Å². The zero-order valence-corrected chi connectivity index (χ0v) is 11.2. The van der Waals surface area contributed by atoms with Crippen molar-refractivity contribution < 1.29 is 4.79 Å². The van der Waals surface area contributed by atoms with Gasteiger partial charge in [0.05, 0.1) is 0 Å². The highest BCUT2D eigenvalue weighted by Crippen LogP contribution is 2.24. The summed E-state index contributed by atoms with van der Waals surface area (Å²) < 4.78 is 0. The van der Waals surface area contributed by atoms with Crippen LogP contribution in [0.3, 0.4) is 0 Å². The highest BCUT2D eigenvalue weighted by molar-refractivity contribution is 6.04. The predicted molar refractivity (Wildman–Crippen MR) is 75.3 cm³/mol. The van der Waals surface area contributed by atoms with Crippen LogP contribution in [0.2, 0.25) is 0 Å². The molecule has 4 nitrogen and oxygen atoms in total. The van der Waals surface area contributed by atoms with Crippen LogP contribution in [0.25, 0.3) is 17.0 Å². The highest BCUT2D eigenvalue weighted by Gasteiger charge is 2.13. The number of aromatic amines is 1. The molecule has 4 heteroatoms. The van der Waals surface area contributed by atoms with E-state index in [-0.39, 0.29) is 11.5 Å². The number of aryl methyl sites for hydroxylation is 1. The first-order chi connectivity index (χ1) is 9.04. The molecule has 0 aliphatic carbocycles. The maximum Gasteiger partial charge on any atom is 0.264 e. The minimum atomic E-state index is -0.285. The molecule has 2 aromatic rings. The number of aromatic nitrogens is 1. The second-order valence-corrected chi connectivity index (χ2v) is 4.58. The Bertz CT molecular complexity index is 702. The fourth-order valence-electron chi connectivity index (χ4n) is 2.01. The lowest BCUT2D eigenvalue weighted by Gasteiger charge is -2.08. The maximum absolute atomic E-state index is 11.9. The van der Waals surface area contributed by atoms with Crippen LogP contribution in [0.4, 0.5) is 0 Å². The van der Waals surface area contributed by atoms with Crippen molar-refractivity contribution >= 4 is 22.9 Å². The number of rotatable bonds is 2. The van der Waals surface area contributed by atoms with Gasteiger partial charge in [0.1, 0.15) is 11.6 Å². The number of nitriles is 1. The summed E-state index contributed by atoms with van der Waals surface area (Å²) in [6.45, 7) is 1.93. The predicted octanol–water partition coefficient (Wildman–Crippen LogP) is 2.47. The zero-order valence-electron chi connectivity index (χ0n) is 11.2. The zero-order chi connectivity index (χ0) is 14.0. The molecule has 96 valence electrons. The van der Waals surface area contributed by atoms with Crippen LogP contribution >= 0.6 is 0 Å². The number of hydrogen-bond acceptors (Lipinski definition) is 2. The quantitative estimate of drug-likeness (QED) is 0.660. The van der Waals surface area contributed by atoms with E-state index in [4.69, 9.17) is 5.26 Å². The van der Waals surface area contributed by atoms with Crippen molar-refractivity contribution in [3.05, 3.63) is 41.1 Å². The number of carbonyl (C=O) groups is 1. The molecule has 0 saturated carbocycles. The van der Waals surface area contributed by atoms with Gasteiger partial charge in [0, 0.05) is 36.3 Å². The Morgan fingerprint density at radius 2 is 2.05 bits per heavy atom. The first-order valence-corrected chi connectivity index (χ1v) is 5.95. The number of fused-ring (bicyclic) bond motifs is 1. The summed E-state index contributed by atoms with van der Waals surface area (Å²) in [6.07, 6.45) is 1.65. The molecule has 0 fully saturated rings. The number of benzene rings is 1. The fraction of sp³-hybridized carbons (Fsp3) is 0.200. The Morgan fingerprint density at radius 1 is 1.37 bits per heavy atom. The summed E-state index contributed by atoms with van der Waals surface area (Å²) in [4.78, 5) is 16.5. The summed E-state index contributed by atoms with van der Waals surface area (Å²) in [7, 11) is 3.27. The monoisotopic (exact) mass is 253 g/mol. The van der Waals surface area contributed by atoms with Gasteiger partial charge in [-0.1, -0.05) is 18.2 Å². The fourth-order valence-corrected chi connectivity index (χ4v) is 2.01. The standard InChI is InChI=1S/C15H15N3O/c1-10-13(8-11(9-16)15(19)18(2)3)12-6-4-5-7-14(12)17-10/h4-8,17H,1-3H3/b11-8-. The Kier molecular flexibility index (Phi) is 3.39. The van der Waals surface area contributed by atoms with E-state index in [1.165, 1.54) is 4.90 Å². The van der Waals surface area contributed by atoms with Crippen molar-refractivity contribution in [2.75, 3.05) is 14.1 Å². The molecule has 1 heterocycles. The van der Waals surface area contributed by atoms with Crippen LogP contribution in [0.15, 0.2) is 29.8 Å². The van der Waals surface area contributed by atoms with Crippen LogP contribution in [0, 0.1) is 18.3 Å². The van der Waals surface area contributed by atoms with E-state index in [0.717, 1.165) is 22.2 Å². The van der Waals surface area contributed by atoms with Crippen molar-refractivity contribution in [1.29, 1.82) is 5.26 Å². The lowest BCUT2D eigenvalue weighted by molar-refractivity contribution is -0.124. The molecule has 0 saturated heterocycles. The molecule has 2 rings (SSSR count). The number of amides is 1.